The van der Waals surface area contributed by atoms with Crippen molar-refractivity contribution in [2.75, 3.05) is 33.7 Å². The van der Waals surface area contributed by atoms with Gasteiger partial charge in [-0.3, -0.25) is 9.69 Å². The quantitative estimate of drug-likeness (QED) is 0.773. The lowest BCUT2D eigenvalue weighted by Gasteiger charge is -2.26. The fourth-order valence-corrected chi connectivity index (χ4v) is 3.36. The van der Waals surface area contributed by atoms with Crippen LogP contribution < -0.4 is 0 Å². The van der Waals surface area contributed by atoms with Crippen molar-refractivity contribution in [1.82, 2.24) is 9.80 Å². The van der Waals surface area contributed by atoms with Crippen LogP contribution in [0.15, 0.2) is 18.2 Å². The summed E-state index contributed by atoms with van der Waals surface area (Å²) < 4.78 is 0. The molecule has 1 aliphatic rings. The third kappa shape index (κ3) is 4.19. The Kier molecular flexibility index (Phi) is 5.67. The van der Waals surface area contributed by atoms with Crippen LogP contribution in [0.4, 0.5) is 0 Å². The zero-order valence-corrected chi connectivity index (χ0v) is 14.3. The molecular weight excluding hydrogens is 307 g/mol. The van der Waals surface area contributed by atoms with E-state index in [1.807, 2.05) is 14.0 Å². The largest absolute Gasteiger partial charge is 0.306 e. The predicted molar refractivity (Wildman–Crippen MR) is 88.5 cm³/mol. The van der Waals surface area contributed by atoms with E-state index in [-0.39, 0.29) is 11.8 Å². The summed E-state index contributed by atoms with van der Waals surface area (Å²) in [5, 5.41) is 0.972. The van der Waals surface area contributed by atoms with Gasteiger partial charge in [0.15, 0.2) is 5.78 Å². The molecule has 2 rings (SSSR count). The molecule has 0 radical (unpaired) electrons. The fraction of sp³-hybridized carbons (Fsp3) is 0.562. The van der Waals surface area contributed by atoms with Gasteiger partial charge in [0.1, 0.15) is 0 Å². The smallest absolute Gasteiger partial charge is 0.181 e. The van der Waals surface area contributed by atoms with E-state index < -0.39 is 0 Å². The van der Waals surface area contributed by atoms with Crippen molar-refractivity contribution < 1.29 is 4.79 Å². The summed E-state index contributed by atoms with van der Waals surface area (Å²) in [5.74, 6) is 0.682. The van der Waals surface area contributed by atoms with Gasteiger partial charge in [0.25, 0.3) is 0 Å². The standard InChI is InChI=1S/C16H22Cl2N2O/c1-11(20(3)10-12-6-7-19(2)9-12)16(21)14-5-4-13(17)8-15(14)18/h4-5,8,11-12H,6-7,9-10H2,1-3H3. The van der Waals surface area contributed by atoms with Crippen molar-refractivity contribution in [3.05, 3.63) is 33.8 Å². The number of hydrogen-bond donors (Lipinski definition) is 0. The molecule has 1 aromatic rings. The molecule has 5 heteroatoms. The summed E-state index contributed by atoms with van der Waals surface area (Å²) in [6.07, 6.45) is 1.20. The first kappa shape index (κ1) is 16.8. The van der Waals surface area contributed by atoms with Gasteiger partial charge in [0.05, 0.1) is 11.1 Å². The number of carbonyl (C=O) groups is 1. The summed E-state index contributed by atoms with van der Waals surface area (Å²) in [4.78, 5) is 17.0. The molecule has 0 aromatic heterocycles. The van der Waals surface area contributed by atoms with Gasteiger partial charge >= 0.3 is 0 Å². The Hall–Kier alpha value is -0.610. The van der Waals surface area contributed by atoms with E-state index in [1.54, 1.807) is 18.2 Å². The van der Waals surface area contributed by atoms with E-state index in [9.17, 15) is 4.79 Å². The molecule has 3 nitrogen and oxygen atoms in total. The molecule has 0 saturated carbocycles. The van der Waals surface area contributed by atoms with E-state index in [1.165, 1.54) is 6.42 Å². The first-order valence-corrected chi connectivity index (χ1v) is 8.02. The van der Waals surface area contributed by atoms with Crippen molar-refractivity contribution in [2.24, 2.45) is 5.92 Å². The molecule has 21 heavy (non-hydrogen) atoms. The van der Waals surface area contributed by atoms with E-state index in [0.717, 1.165) is 19.6 Å². The van der Waals surface area contributed by atoms with Crippen molar-refractivity contribution >= 4 is 29.0 Å². The summed E-state index contributed by atoms with van der Waals surface area (Å²) >= 11 is 12.0. The summed E-state index contributed by atoms with van der Waals surface area (Å²) in [6.45, 7) is 5.12. The molecule has 1 aromatic carbocycles. The number of ketones is 1. The van der Waals surface area contributed by atoms with Crippen LogP contribution in [0.2, 0.25) is 10.0 Å². The number of halogens is 2. The molecule has 116 valence electrons. The van der Waals surface area contributed by atoms with Crippen LogP contribution in [-0.2, 0) is 0 Å². The molecule has 1 fully saturated rings. The number of benzene rings is 1. The first-order valence-electron chi connectivity index (χ1n) is 7.26. The van der Waals surface area contributed by atoms with Crippen molar-refractivity contribution in [3.63, 3.8) is 0 Å². The highest BCUT2D eigenvalue weighted by Gasteiger charge is 2.26. The maximum atomic E-state index is 12.6. The average molecular weight is 329 g/mol. The Balaban J connectivity index is 2.01. The highest BCUT2D eigenvalue weighted by Crippen LogP contribution is 2.24. The number of rotatable bonds is 5. The van der Waals surface area contributed by atoms with Gasteiger partial charge in [-0.1, -0.05) is 23.2 Å². The zero-order chi connectivity index (χ0) is 15.6. The molecule has 0 aliphatic carbocycles. The van der Waals surface area contributed by atoms with Gasteiger partial charge in [-0.25, -0.2) is 0 Å². The second-order valence-electron chi connectivity index (χ2n) is 6.02. The minimum atomic E-state index is -0.186. The number of likely N-dealkylation sites (tertiary alicyclic amines) is 1. The lowest BCUT2D eigenvalue weighted by molar-refractivity contribution is 0.0853. The van der Waals surface area contributed by atoms with Gasteiger partial charge in [0, 0.05) is 23.7 Å². The van der Waals surface area contributed by atoms with Crippen molar-refractivity contribution in [3.8, 4) is 0 Å². The van der Waals surface area contributed by atoms with Crippen LogP contribution in [-0.4, -0.2) is 55.4 Å². The van der Waals surface area contributed by atoms with E-state index in [0.29, 0.717) is 21.5 Å². The average Bonchev–Trinajstić information content (AvgIpc) is 2.82. The fourth-order valence-electron chi connectivity index (χ4n) is 2.86. The summed E-state index contributed by atoms with van der Waals surface area (Å²) in [7, 11) is 4.15. The highest BCUT2D eigenvalue weighted by molar-refractivity contribution is 6.37. The van der Waals surface area contributed by atoms with E-state index in [4.69, 9.17) is 23.2 Å². The van der Waals surface area contributed by atoms with Gasteiger partial charge < -0.3 is 4.90 Å². The van der Waals surface area contributed by atoms with Crippen LogP contribution in [0, 0.1) is 5.92 Å². The van der Waals surface area contributed by atoms with Gasteiger partial charge in [-0.05, 0) is 58.1 Å². The van der Waals surface area contributed by atoms with Gasteiger partial charge in [-0.15, -0.1) is 0 Å². The van der Waals surface area contributed by atoms with Crippen LogP contribution in [0.25, 0.3) is 0 Å². The topological polar surface area (TPSA) is 23.6 Å². The maximum absolute atomic E-state index is 12.6. The molecule has 1 saturated heterocycles. The first-order chi connectivity index (χ1) is 9.88. The Bertz CT molecular complexity index is 521. The zero-order valence-electron chi connectivity index (χ0n) is 12.8. The molecule has 1 heterocycles. The number of nitrogens with zero attached hydrogens (tertiary/aromatic N) is 2. The molecule has 2 atom stereocenters. The SMILES string of the molecule is CC(C(=O)c1ccc(Cl)cc1Cl)N(C)CC1CCN(C)C1. The van der Waals surface area contributed by atoms with Crippen LogP contribution >= 0.6 is 23.2 Å². The number of Topliss-reactive ketones (excluding diaryl/α,β-unsaturated/α-hetero) is 1. The molecule has 0 spiro atoms. The maximum Gasteiger partial charge on any atom is 0.181 e. The van der Waals surface area contributed by atoms with Crippen LogP contribution in [0.5, 0.6) is 0 Å². The van der Waals surface area contributed by atoms with Gasteiger partial charge in [-0.2, -0.15) is 0 Å². The lowest BCUT2D eigenvalue weighted by Crippen LogP contribution is -2.39. The Labute approximate surface area is 136 Å². The number of carbonyl (C=O) groups excluding carboxylic acids is 1. The molecule has 0 bridgehead atoms. The minimum Gasteiger partial charge on any atom is -0.306 e. The number of hydrogen-bond acceptors (Lipinski definition) is 3. The van der Waals surface area contributed by atoms with E-state index >= 15 is 0 Å². The second-order valence-corrected chi connectivity index (χ2v) is 6.86. The Morgan fingerprint density at radius 3 is 2.76 bits per heavy atom. The molecule has 0 N–H and O–H groups in total. The van der Waals surface area contributed by atoms with Crippen molar-refractivity contribution in [1.29, 1.82) is 0 Å². The predicted octanol–water partition coefficient (Wildman–Crippen LogP) is 3.45. The monoisotopic (exact) mass is 328 g/mol. The van der Waals surface area contributed by atoms with Crippen LogP contribution in [0.3, 0.4) is 0 Å². The third-order valence-electron chi connectivity index (χ3n) is 4.27. The van der Waals surface area contributed by atoms with Crippen LogP contribution in [0.1, 0.15) is 23.7 Å². The molecule has 2 unspecified atom stereocenters. The summed E-state index contributed by atoms with van der Waals surface area (Å²) in [5.41, 5.74) is 0.545. The van der Waals surface area contributed by atoms with Gasteiger partial charge in [0.2, 0.25) is 0 Å². The third-order valence-corrected chi connectivity index (χ3v) is 4.82. The second kappa shape index (κ2) is 7.10. The molecule has 1 aliphatic heterocycles. The molecular formula is C16H22Cl2N2O. The number of likely N-dealkylation sites (N-methyl/N-ethyl adjacent to an activating group) is 1. The highest BCUT2D eigenvalue weighted by atomic mass is 35.5. The van der Waals surface area contributed by atoms with E-state index in [2.05, 4.69) is 16.8 Å². The minimum absolute atomic E-state index is 0.0468. The Morgan fingerprint density at radius 2 is 2.19 bits per heavy atom. The Morgan fingerprint density at radius 1 is 1.48 bits per heavy atom. The normalized spacial score (nSPS) is 21.0. The summed E-state index contributed by atoms with van der Waals surface area (Å²) in [6, 6.07) is 4.85. The lowest BCUT2D eigenvalue weighted by atomic mass is 10.0. The van der Waals surface area contributed by atoms with Crippen molar-refractivity contribution in [2.45, 2.75) is 19.4 Å². The molecule has 0 amide bonds.